The molecule has 0 spiro atoms. The Hall–Kier alpha value is -7.80. The number of fused-ring (bicyclic) bond motifs is 3. The summed E-state index contributed by atoms with van der Waals surface area (Å²) in [4.78, 5) is 42.2. The molecule has 1 aliphatic carbocycles. The van der Waals surface area contributed by atoms with Gasteiger partial charge >= 0.3 is 0 Å². The second-order valence-corrected chi connectivity index (χ2v) is 21.4. The van der Waals surface area contributed by atoms with Crippen LogP contribution in [0.1, 0.15) is 97.6 Å². The van der Waals surface area contributed by atoms with Crippen molar-refractivity contribution in [2.75, 3.05) is 48.3 Å². The molecule has 2 amide bonds. The van der Waals surface area contributed by atoms with Crippen LogP contribution in [0.2, 0.25) is 0 Å². The highest BCUT2D eigenvalue weighted by Gasteiger charge is 2.27. The summed E-state index contributed by atoms with van der Waals surface area (Å²) in [5, 5.41) is 7.99. The molecule has 4 heterocycles. The second-order valence-electron chi connectivity index (χ2n) is 21.4. The van der Waals surface area contributed by atoms with Gasteiger partial charge in [0.05, 0.1) is 11.0 Å². The van der Waals surface area contributed by atoms with Crippen LogP contribution in [-0.2, 0) is 32.4 Å². The molecule has 11 rings (SSSR count). The van der Waals surface area contributed by atoms with Crippen molar-refractivity contribution in [3.63, 3.8) is 0 Å². The van der Waals surface area contributed by atoms with Crippen molar-refractivity contribution in [2.24, 2.45) is 5.92 Å². The van der Waals surface area contributed by atoms with E-state index < -0.39 is 0 Å². The SMILES string of the molecule is Cc1ccc(OC2CCCN(Cc3ccccc3C(=O)Nc3ccc4nc5c(c(N)c4c3)CCC(Cc3ccc(OC4CCN(Cc6ccccc6C(=O)Nc6ccc7nc(C)c(C)c(N)c7c6)CC4)cc3)C5)C2)cc1. The van der Waals surface area contributed by atoms with Gasteiger partial charge in [-0.15, -0.1) is 0 Å². The van der Waals surface area contributed by atoms with E-state index in [9.17, 15) is 9.59 Å². The highest BCUT2D eigenvalue weighted by molar-refractivity contribution is 6.08. The number of aryl methyl sites for hydroxylation is 2. The average Bonchev–Trinajstić information content (AvgIpc) is 3.46. The Labute approximate surface area is 445 Å². The number of likely N-dealkylation sites (tertiary alicyclic amines) is 2. The van der Waals surface area contributed by atoms with E-state index >= 15 is 0 Å². The number of nitrogens with two attached hydrogens (primary N) is 2. The molecular formula is C64H68N8O4. The van der Waals surface area contributed by atoms with Gasteiger partial charge in [0.25, 0.3) is 11.8 Å². The van der Waals surface area contributed by atoms with E-state index in [1.54, 1.807) is 0 Å². The molecule has 6 aromatic carbocycles. The lowest BCUT2D eigenvalue weighted by Gasteiger charge is -2.33. The lowest BCUT2D eigenvalue weighted by Crippen LogP contribution is -2.40. The number of hydrogen-bond donors (Lipinski definition) is 4. The maximum Gasteiger partial charge on any atom is 0.255 e. The van der Waals surface area contributed by atoms with E-state index in [1.165, 1.54) is 11.1 Å². The first-order chi connectivity index (χ1) is 37.0. The Bertz CT molecular complexity index is 3430. The van der Waals surface area contributed by atoms with Gasteiger partial charge in [-0.05, 0) is 185 Å². The van der Waals surface area contributed by atoms with Gasteiger partial charge in [-0.25, -0.2) is 0 Å². The van der Waals surface area contributed by atoms with Gasteiger partial charge in [-0.1, -0.05) is 66.2 Å². The van der Waals surface area contributed by atoms with Gasteiger partial charge in [0.1, 0.15) is 23.7 Å². The molecule has 0 bridgehead atoms. The zero-order valence-electron chi connectivity index (χ0n) is 43.9. The fourth-order valence-corrected chi connectivity index (χ4v) is 11.5. The molecule has 76 heavy (non-hydrogen) atoms. The van der Waals surface area contributed by atoms with Gasteiger partial charge in [0.2, 0.25) is 0 Å². The number of nitrogens with zero attached hydrogens (tertiary/aromatic N) is 4. The minimum absolute atomic E-state index is 0.109. The molecule has 0 saturated carbocycles. The van der Waals surface area contributed by atoms with Crippen molar-refractivity contribution < 1.29 is 19.1 Å². The molecule has 2 unspecified atom stereocenters. The molecule has 0 radical (unpaired) electrons. The number of benzene rings is 6. The number of aromatic nitrogens is 2. The number of hydrogen-bond acceptors (Lipinski definition) is 10. The highest BCUT2D eigenvalue weighted by atomic mass is 16.5. The first-order valence-corrected chi connectivity index (χ1v) is 27.1. The summed E-state index contributed by atoms with van der Waals surface area (Å²) < 4.78 is 12.9. The fourth-order valence-electron chi connectivity index (χ4n) is 11.5. The molecule has 8 aromatic rings. The van der Waals surface area contributed by atoms with Crippen LogP contribution >= 0.6 is 0 Å². The van der Waals surface area contributed by atoms with Crippen molar-refractivity contribution in [1.82, 2.24) is 19.8 Å². The van der Waals surface area contributed by atoms with Gasteiger partial charge in [0, 0.05) is 88.8 Å². The van der Waals surface area contributed by atoms with E-state index in [-0.39, 0.29) is 24.0 Å². The standard InChI is InChI=1S/C64H68N8O4/c1-40-14-21-49(22-15-40)76-52-11-8-30-72(39-52)38-46-10-5-7-13-54(46)64(74)69-48-20-27-59-57(36-48)62(66)55-25-18-44(34-60(55)70-59)33-43-16-23-50(24-17-43)75-51-28-31-71(32-29-51)37-45-9-4-6-12-53(45)63(73)68-47-19-26-58-56(35-47)61(65)41(2)42(3)67-58/h4-7,9-10,12-17,19-24,26-27,35-36,44,51-52H,8,11,18,25,28-34,37-39H2,1-3H3,(H2,65,67)(H2,66,70)(H,68,73)(H,69,74). The van der Waals surface area contributed by atoms with Crippen molar-refractivity contribution in [3.05, 3.63) is 189 Å². The monoisotopic (exact) mass is 1010 g/mol. The minimum Gasteiger partial charge on any atom is -0.490 e. The molecule has 2 aliphatic heterocycles. The molecule has 2 atom stereocenters. The quantitative estimate of drug-likeness (QED) is 0.0825. The molecule has 388 valence electrons. The number of piperidine rings is 2. The predicted octanol–water partition coefficient (Wildman–Crippen LogP) is 11.8. The predicted molar refractivity (Wildman–Crippen MR) is 305 cm³/mol. The summed E-state index contributed by atoms with van der Waals surface area (Å²) in [6.45, 7) is 10.9. The largest absolute Gasteiger partial charge is 0.490 e. The topological polar surface area (TPSA) is 161 Å². The number of amides is 2. The smallest absolute Gasteiger partial charge is 0.255 e. The zero-order valence-corrected chi connectivity index (χ0v) is 43.9. The summed E-state index contributed by atoms with van der Waals surface area (Å²) in [5.74, 6) is 1.96. The van der Waals surface area contributed by atoms with Crippen LogP contribution in [0, 0.1) is 26.7 Å². The number of carbonyl (C=O) groups excluding carboxylic acids is 2. The summed E-state index contributed by atoms with van der Waals surface area (Å²) in [6.07, 6.45) is 7.82. The van der Waals surface area contributed by atoms with Crippen LogP contribution in [0.25, 0.3) is 21.8 Å². The second kappa shape index (κ2) is 22.2. The molecule has 6 N–H and O–H groups in total. The number of carbonyl (C=O) groups is 2. The van der Waals surface area contributed by atoms with Crippen LogP contribution < -0.4 is 31.6 Å². The minimum atomic E-state index is -0.143. The maximum absolute atomic E-state index is 13.9. The van der Waals surface area contributed by atoms with Crippen LogP contribution in [0.15, 0.2) is 133 Å². The van der Waals surface area contributed by atoms with Crippen LogP contribution in [0.5, 0.6) is 11.5 Å². The maximum atomic E-state index is 13.9. The third-order valence-electron chi connectivity index (χ3n) is 15.9. The number of ether oxygens (including phenoxy) is 2. The molecule has 2 fully saturated rings. The Balaban J connectivity index is 0.654. The van der Waals surface area contributed by atoms with Crippen LogP contribution in [-0.4, -0.2) is 70.0 Å². The number of pyridine rings is 2. The average molecular weight is 1010 g/mol. The summed E-state index contributed by atoms with van der Waals surface area (Å²) >= 11 is 0. The lowest BCUT2D eigenvalue weighted by atomic mass is 9.82. The zero-order chi connectivity index (χ0) is 52.3. The Morgan fingerprint density at radius 2 is 1.20 bits per heavy atom. The number of nitrogens with one attached hydrogen (secondary N) is 2. The third kappa shape index (κ3) is 11.4. The van der Waals surface area contributed by atoms with Crippen molar-refractivity contribution in [1.29, 1.82) is 0 Å². The molecule has 2 saturated heterocycles. The Morgan fingerprint density at radius 3 is 1.86 bits per heavy atom. The van der Waals surface area contributed by atoms with E-state index in [4.69, 9.17) is 25.9 Å². The van der Waals surface area contributed by atoms with Crippen molar-refractivity contribution >= 4 is 56.4 Å². The Kier molecular flexibility index (Phi) is 14.7. The van der Waals surface area contributed by atoms with Crippen molar-refractivity contribution in [2.45, 2.75) is 97.4 Å². The van der Waals surface area contributed by atoms with Crippen molar-refractivity contribution in [3.8, 4) is 11.5 Å². The molecule has 3 aliphatic rings. The van der Waals surface area contributed by atoms with E-state index in [0.29, 0.717) is 47.2 Å². The van der Waals surface area contributed by atoms with Gasteiger partial charge in [-0.2, -0.15) is 0 Å². The summed E-state index contributed by atoms with van der Waals surface area (Å²) in [7, 11) is 0. The highest BCUT2D eigenvalue weighted by Crippen LogP contribution is 2.36. The van der Waals surface area contributed by atoms with Gasteiger partial charge in [0.15, 0.2) is 0 Å². The normalized spacial score (nSPS) is 17.3. The van der Waals surface area contributed by atoms with Gasteiger partial charge in [-0.3, -0.25) is 29.4 Å². The molecular weight excluding hydrogens is 945 g/mol. The van der Waals surface area contributed by atoms with Crippen LogP contribution in [0.4, 0.5) is 22.7 Å². The third-order valence-corrected chi connectivity index (χ3v) is 15.9. The Morgan fingerprint density at radius 1 is 0.618 bits per heavy atom. The lowest BCUT2D eigenvalue weighted by molar-refractivity contribution is 0.0838. The van der Waals surface area contributed by atoms with Gasteiger partial charge < -0.3 is 31.6 Å². The summed E-state index contributed by atoms with van der Waals surface area (Å²) in [6, 6.07) is 44.2. The van der Waals surface area contributed by atoms with E-state index in [1.807, 2.05) is 105 Å². The molecule has 12 heteroatoms. The first kappa shape index (κ1) is 50.4. The van der Waals surface area contributed by atoms with E-state index in [0.717, 1.165) is 150 Å². The number of anilines is 4. The first-order valence-electron chi connectivity index (χ1n) is 27.1. The molecule has 12 nitrogen and oxygen atoms in total. The summed E-state index contributed by atoms with van der Waals surface area (Å²) in [5.41, 5.74) is 27.7. The molecule has 2 aromatic heterocycles. The fraction of sp³-hybridized carbons (Fsp3) is 0.312. The number of nitrogen functional groups attached to an aromatic ring is 2. The van der Waals surface area contributed by atoms with Crippen LogP contribution in [0.3, 0.4) is 0 Å². The number of rotatable bonds is 14. The van der Waals surface area contributed by atoms with E-state index in [2.05, 4.69) is 74.8 Å².